The van der Waals surface area contributed by atoms with E-state index in [1.165, 1.54) is 7.11 Å². The fourth-order valence-electron chi connectivity index (χ4n) is 2.11. The van der Waals surface area contributed by atoms with E-state index in [9.17, 15) is 4.79 Å². The Morgan fingerprint density at radius 3 is 2.73 bits per heavy atom. The van der Waals surface area contributed by atoms with Crippen LogP contribution in [-0.4, -0.2) is 38.4 Å². The zero-order chi connectivity index (χ0) is 11.3. The van der Waals surface area contributed by atoms with Crippen LogP contribution < -0.4 is 5.32 Å². The summed E-state index contributed by atoms with van der Waals surface area (Å²) >= 11 is 0. The molecular formula is C11H21NO3. The van der Waals surface area contributed by atoms with E-state index < -0.39 is 0 Å². The Morgan fingerprint density at radius 1 is 1.40 bits per heavy atom. The highest BCUT2D eigenvalue weighted by atomic mass is 16.5. The minimum absolute atomic E-state index is 0.199. The molecule has 15 heavy (non-hydrogen) atoms. The lowest BCUT2D eigenvalue weighted by Gasteiger charge is -2.30. The first-order valence-corrected chi connectivity index (χ1v) is 5.54. The van der Waals surface area contributed by atoms with Gasteiger partial charge in [0, 0.05) is 13.2 Å². The molecule has 0 heterocycles. The van der Waals surface area contributed by atoms with Crippen molar-refractivity contribution in [1.29, 1.82) is 0 Å². The van der Waals surface area contributed by atoms with Crippen LogP contribution in [0.5, 0.6) is 0 Å². The Kier molecular flexibility index (Phi) is 5.05. The number of rotatable bonds is 4. The van der Waals surface area contributed by atoms with Crippen LogP contribution in [-0.2, 0) is 14.3 Å². The molecule has 0 saturated heterocycles. The molecule has 3 atom stereocenters. The molecule has 0 spiro atoms. The van der Waals surface area contributed by atoms with Gasteiger partial charge in [-0.3, -0.25) is 4.79 Å². The summed E-state index contributed by atoms with van der Waals surface area (Å²) < 4.78 is 10.0. The second-order valence-electron chi connectivity index (χ2n) is 4.13. The molecule has 0 bridgehead atoms. The predicted octanol–water partition coefficient (Wildman–Crippen LogP) is 1.10. The number of ether oxygens (including phenoxy) is 2. The first-order chi connectivity index (χ1) is 7.17. The van der Waals surface area contributed by atoms with E-state index in [4.69, 9.17) is 4.74 Å². The minimum Gasteiger partial charge on any atom is -0.468 e. The van der Waals surface area contributed by atoms with Gasteiger partial charge in [-0.2, -0.15) is 0 Å². The topological polar surface area (TPSA) is 47.6 Å². The number of methoxy groups -OCH3 is 2. The monoisotopic (exact) mass is 215 g/mol. The van der Waals surface area contributed by atoms with E-state index in [-0.39, 0.29) is 12.0 Å². The van der Waals surface area contributed by atoms with Crippen molar-refractivity contribution in [3.63, 3.8) is 0 Å². The van der Waals surface area contributed by atoms with Gasteiger partial charge in [-0.15, -0.1) is 0 Å². The summed E-state index contributed by atoms with van der Waals surface area (Å²) in [6.07, 6.45) is 4.71. The van der Waals surface area contributed by atoms with Crippen LogP contribution >= 0.6 is 0 Å². The third kappa shape index (κ3) is 3.80. The smallest absolute Gasteiger partial charge is 0.322 e. The van der Waals surface area contributed by atoms with Gasteiger partial charge in [0.15, 0.2) is 0 Å². The van der Waals surface area contributed by atoms with E-state index >= 15 is 0 Å². The maximum absolute atomic E-state index is 11.2. The van der Waals surface area contributed by atoms with E-state index in [0.29, 0.717) is 12.1 Å². The first-order valence-electron chi connectivity index (χ1n) is 5.54. The van der Waals surface area contributed by atoms with E-state index in [0.717, 1.165) is 25.7 Å². The molecule has 4 heteroatoms. The van der Waals surface area contributed by atoms with Gasteiger partial charge in [-0.25, -0.2) is 0 Å². The number of hydrogen-bond donors (Lipinski definition) is 1. The summed E-state index contributed by atoms with van der Waals surface area (Å²) in [5.74, 6) is -0.199. The maximum atomic E-state index is 11.2. The number of esters is 1. The standard InChI is InChI=1S/C11H21NO3/c1-8(11(13)15-3)12-9-5-4-6-10(7-9)14-2/h8-10,12H,4-7H2,1-3H3. The van der Waals surface area contributed by atoms with Crippen molar-refractivity contribution in [3.8, 4) is 0 Å². The highest BCUT2D eigenvalue weighted by Crippen LogP contribution is 2.20. The molecule has 0 aromatic heterocycles. The van der Waals surface area contributed by atoms with Gasteiger partial charge in [-0.05, 0) is 32.6 Å². The lowest BCUT2D eigenvalue weighted by Crippen LogP contribution is -2.45. The zero-order valence-electron chi connectivity index (χ0n) is 9.79. The van der Waals surface area contributed by atoms with Crippen molar-refractivity contribution >= 4 is 5.97 Å². The summed E-state index contributed by atoms with van der Waals surface area (Å²) in [7, 11) is 3.16. The first kappa shape index (κ1) is 12.5. The average molecular weight is 215 g/mol. The number of carbonyl (C=O) groups is 1. The molecule has 0 amide bonds. The molecule has 1 saturated carbocycles. The van der Waals surface area contributed by atoms with Crippen molar-refractivity contribution in [2.75, 3.05) is 14.2 Å². The summed E-state index contributed by atoms with van der Waals surface area (Å²) in [4.78, 5) is 11.2. The molecule has 1 N–H and O–H groups in total. The molecule has 0 radical (unpaired) electrons. The minimum atomic E-state index is -0.226. The van der Waals surface area contributed by atoms with Crippen LogP contribution in [0.4, 0.5) is 0 Å². The number of carbonyl (C=O) groups excluding carboxylic acids is 1. The van der Waals surface area contributed by atoms with E-state index in [2.05, 4.69) is 10.1 Å². The number of hydrogen-bond acceptors (Lipinski definition) is 4. The highest BCUT2D eigenvalue weighted by Gasteiger charge is 2.24. The molecular weight excluding hydrogens is 194 g/mol. The van der Waals surface area contributed by atoms with Gasteiger partial charge in [0.2, 0.25) is 0 Å². The van der Waals surface area contributed by atoms with Crippen LogP contribution in [0.2, 0.25) is 0 Å². The largest absolute Gasteiger partial charge is 0.468 e. The van der Waals surface area contributed by atoms with Gasteiger partial charge in [0.1, 0.15) is 6.04 Å². The molecule has 1 rings (SSSR count). The lowest BCUT2D eigenvalue weighted by atomic mass is 9.92. The highest BCUT2D eigenvalue weighted by molar-refractivity contribution is 5.75. The Balaban J connectivity index is 2.34. The Bertz CT molecular complexity index is 208. The maximum Gasteiger partial charge on any atom is 0.322 e. The van der Waals surface area contributed by atoms with Gasteiger partial charge < -0.3 is 14.8 Å². The Hall–Kier alpha value is -0.610. The average Bonchev–Trinajstić information content (AvgIpc) is 2.28. The fourth-order valence-corrected chi connectivity index (χ4v) is 2.11. The van der Waals surface area contributed by atoms with Crippen molar-refractivity contribution in [2.24, 2.45) is 0 Å². The van der Waals surface area contributed by atoms with Crippen molar-refractivity contribution < 1.29 is 14.3 Å². The Morgan fingerprint density at radius 2 is 2.13 bits per heavy atom. The normalized spacial score (nSPS) is 28.5. The van der Waals surface area contributed by atoms with Crippen LogP contribution in [0.1, 0.15) is 32.6 Å². The second kappa shape index (κ2) is 6.08. The van der Waals surface area contributed by atoms with E-state index in [1.54, 1.807) is 7.11 Å². The molecule has 88 valence electrons. The van der Waals surface area contributed by atoms with Crippen LogP contribution in [0.15, 0.2) is 0 Å². The summed E-state index contributed by atoms with van der Waals surface area (Å²) in [5.41, 5.74) is 0. The predicted molar refractivity (Wildman–Crippen MR) is 57.7 cm³/mol. The molecule has 1 aliphatic rings. The van der Waals surface area contributed by atoms with Crippen molar-refractivity contribution in [1.82, 2.24) is 5.32 Å². The quantitative estimate of drug-likeness (QED) is 0.713. The molecule has 0 aromatic rings. The number of nitrogens with one attached hydrogen (secondary N) is 1. The third-order valence-electron chi connectivity index (χ3n) is 3.00. The van der Waals surface area contributed by atoms with Gasteiger partial charge >= 0.3 is 5.97 Å². The summed E-state index contributed by atoms with van der Waals surface area (Å²) in [6.45, 7) is 1.84. The second-order valence-corrected chi connectivity index (χ2v) is 4.13. The summed E-state index contributed by atoms with van der Waals surface area (Å²) in [6, 6.07) is 0.147. The van der Waals surface area contributed by atoms with Gasteiger partial charge in [0.25, 0.3) is 0 Å². The lowest BCUT2D eigenvalue weighted by molar-refractivity contribution is -0.143. The van der Waals surface area contributed by atoms with Crippen LogP contribution in [0.25, 0.3) is 0 Å². The van der Waals surface area contributed by atoms with Gasteiger partial charge in [-0.1, -0.05) is 0 Å². The third-order valence-corrected chi connectivity index (χ3v) is 3.00. The van der Waals surface area contributed by atoms with Crippen molar-refractivity contribution in [2.45, 2.75) is 50.8 Å². The van der Waals surface area contributed by atoms with Crippen LogP contribution in [0.3, 0.4) is 0 Å². The molecule has 0 aliphatic heterocycles. The molecule has 1 aliphatic carbocycles. The Labute approximate surface area is 91.3 Å². The molecule has 1 fully saturated rings. The SMILES string of the molecule is COC(=O)C(C)NC1CCCC(OC)C1. The van der Waals surface area contributed by atoms with E-state index in [1.807, 2.05) is 6.92 Å². The fraction of sp³-hybridized carbons (Fsp3) is 0.909. The van der Waals surface area contributed by atoms with Gasteiger partial charge in [0.05, 0.1) is 13.2 Å². The molecule has 0 aromatic carbocycles. The van der Waals surface area contributed by atoms with Crippen molar-refractivity contribution in [3.05, 3.63) is 0 Å². The zero-order valence-corrected chi connectivity index (χ0v) is 9.79. The molecule has 3 unspecified atom stereocenters. The van der Waals surface area contributed by atoms with Crippen LogP contribution in [0, 0.1) is 0 Å². The molecule has 4 nitrogen and oxygen atoms in total. The summed E-state index contributed by atoms with van der Waals surface area (Å²) in [5, 5.41) is 3.28.